The standard InChI is InChI=1S/C17H19BrFNS/c1-12-5-3-4-6-17(12)21-11-15(20-2)10-13-9-14(19)7-8-16(13)18/h3-9,15,20H,10-11H2,1-2H3. The molecule has 2 aromatic rings. The Hall–Kier alpha value is -0.840. The van der Waals surface area contributed by atoms with Gasteiger partial charge in [0.05, 0.1) is 0 Å². The second kappa shape index (κ2) is 7.97. The number of benzene rings is 2. The molecule has 0 fully saturated rings. The highest BCUT2D eigenvalue weighted by Crippen LogP contribution is 2.25. The molecular weight excluding hydrogens is 349 g/mol. The Morgan fingerprint density at radius 1 is 1.24 bits per heavy atom. The van der Waals surface area contributed by atoms with Crippen molar-refractivity contribution in [3.63, 3.8) is 0 Å². The summed E-state index contributed by atoms with van der Waals surface area (Å²) in [5.41, 5.74) is 2.30. The highest BCUT2D eigenvalue weighted by molar-refractivity contribution is 9.10. The summed E-state index contributed by atoms with van der Waals surface area (Å²) in [7, 11) is 1.95. The first-order valence-electron chi connectivity index (χ1n) is 6.89. The maximum Gasteiger partial charge on any atom is 0.123 e. The molecule has 0 saturated heterocycles. The molecular formula is C17H19BrFNS. The van der Waals surface area contributed by atoms with Crippen molar-refractivity contribution < 1.29 is 4.39 Å². The van der Waals surface area contributed by atoms with Gasteiger partial charge in [-0.05, 0) is 55.8 Å². The average Bonchev–Trinajstić information content (AvgIpc) is 2.48. The molecule has 2 aromatic carbocycles. The molecule has 0 radical (unpaired) electrons. The van der Waals surface area contributed by atoms with Crippen molar-refractivity contribution in [2.24, 2.45) is 0 Å². The summed E-state index contributed by atoms with van der Waals surface area (Å²) in [6.45, 7) is 2.12. The summed E-state index contributed by atoms with van der Waals surface area (Å²) in [5, 5.41) is 3.32. The van der Waals surface area contributed by atoms with Gasteiger partial charge < -0.3 is 5.32 Å². The van der Waals surface area contributed by atoms with E-state index in [2.05, 4.69) is 52.4 Å². The number of hydrogen-bond acceptors (Lipinski definition) is 2. The van der Waals surface area contributed by atoms with Gasteiger partial charge in [-0.3, -0.25) is 0 Å². The summed E-state index contributed by atoms with van der Waals surface area (Å²) in [5.74, 6) is 0.763. The van der Waals surface area contributed by atoms with E-state index in [1.165, 1.54) is 16.5 Å². The summed E-state index contributed by atoms with van der Waals surface area (Å²) < 4.78 is 14.3. The molecule has 2 rings (SSSR count). The molecule has 0 bridgehead atoms. The number of likely N-dealkylation sites (N-methyl/N-ethyl adjacent to an activating group) is 1. The van der Waals surface area contributed by atoms with Crippen LogP contribution in [0.3, 0.4) is 0 Å². The van der Waals surface area contributed by atoms with Crippen LogP contribution in [0.2, 0.25) is 0 Å². The maximum atomic E-state index is 13.4. The smallest absolute Gasteiger partial charge is 0.123 e. The van der Waals surface area contributed by atoms with Crippen LogP contribution in [0.5, 0.6) is 0 Å². The molecule has 4 heteroatoms. The van der Waals surface area contributed by atoms with Gasteiger partial charge in [0, 0.05) is 21.2 Å². The molecule has 0 spiro atoms. The predicted octanol–water partition coefficient (Wildman–Crippen LogP) is 4.82. The highest BCUT2D eigenvalue weighted by Gasteiger charge is 2.11. The van der Waals surface area contributed by atoms with E-state index in [0.717, 1.165) is 22.2 Å². The van der Waals surface area contributed by atoms with E-state index in [0.29, 0.717) is 6.04 Å². The third kappa shape index (κ3) is 4.83. The summed E-state index contributed by atoms with van der Waals surface area (Å²) in [6.07, 6.45) is 0.799. The van der Waals surface area contributed by atoms with Crippen molar-refractivity contribution in [3.05, 3.63) is 63.9 Å². The lowest BCUT2D eigenvalue weighted by Gasteiger charge is -2.17. The van der Waals surface area contributed by atoms with Gasteiger partial charge >= 0.3 is 0 Å². The SMILES string of the molecule is CNC(CSc1ccccc1C)Cc1cc(F)ccc1Br. The molecule has 1 nitrogen and oxygen atoms in total. The minimum absolute atomic E-state index is 0.186. The Morgan fingerprint density at radius 3 is 2.71 bits per heavy atom. The zero-order valence-electron chi connectivity index (χ0n) is 12.2. The average molecular weight is 368 g/mol. The van der Waals surface area contributed by atoms with Crippen LogP contribution in [0.4, 0.5) is 4.39 Å². The van der Waals surface area contributed by atoms with Crippen LogP contribution < -0.4 is 5.32 Å². The number of aryl methyl sites for hydroxylation is 1. The number of rotatable bonds is 6. The van der Waals surface area contributed by atoms with E-state index in [4.69, 9.17) is 0 Å². The minimum atomic E-state index is -0.186. The molecule has 21 heavy (non-hydrogen) atoms. The van der Waals surface area contributed by atoms with Crippen molar-refractivity contribution in [3.8, 4) is 0 Å². The highest BCUT2D eigenvalue weighted by atomic mass is 79.9. The molecule has 0 aliphatic rings. The first-order chi connectivity index (χ1) is 10.1. The van der Waals surface area contributed by atoms with E-state index in [-0.39, 0.29) is 5.82 Å². The zero-order chi connectivity index (χ0) is 15.2. The van der Waals surface area contributed by atoms with Gasteiger partial charge in [-0.25, -0.2) is 4.39 Å². The Balaban J connectivity index is 2.00. The third-order valence-corrected chi connectivity index (χ3v) is 5.53. The maximum absolute atomic E-state index is 13.4. The number of hydrogen-bond donors (Lipinski definition) is 1. The molecule has 0 aliphatic carbocycles. The molecule has 112 valence electrons. The summed E-state index contributed by atoms with van der Waals surface area (Å²) >= 11 is 5.33. The molecule has 1 atom stereocenters. The molecule has 0 heterocycles. The fourth-order valence-corrected chi connectivity index (χ4v) is 3.66. The predicted molar refractivity (Wildman–Crippen MR) is 92.6 cm³/mol. The van der Waals surface area contributed by atoms with Gasteiger partial charge in [0.15, 0.2) is 0 Å². The second-order valence-electron chi connectivity index (χ2n) is 5.00. The van der Waals surface area contributed by atoms with Crippen LogP contribution in [0.15, 0.2) is 51.8 Å². The van der Waals surface area contributed by atoms with E-state index in [9.17, 15) is 4.39 Å². The number of thioether (sulfide) groups is 1. The Labute approximate surface area is 138 Å². The van der Waals surface area contributed by atoms with E-state index in [1.54, 1.807) is 12.1 Å². The van der Waals surface area contributed by atoms with Crippen LogP contribution in [0.1, 0.15) is 11.1 Å². The van der Waals surface area contributed by atoms with Crippen molar-refractivity contribution in [1.29, 1.82) is 0 Å². The lowest BCUT2D eigenvalue weighted by Crippen LogP contribution is -2.30. The van der Waals surface area contributed by atoms with E-state index in [1.807, 2.05) is 18.8 Å². The van der Waals surface area contributed by atoms with E-state index >= 15 is 0 Å². The third-order valence-electron chi connectivity index (χ3n) is 3.42. The van der Waals surface area contributed by atoms with Crippen LogP contribution >= 0.6 is 27.7 Å². The normalized spacial score (nSPS) is 12.4. The minimum Gasteiger partial charge on any atom is -0.316 e. The lowest BCUT2D eigenvalue weighted by molar-refractivity contribution is 0.601. The van der Waals surface area contributed by atoms with Gasteiger partial charge in [0.25, 0.3) is 0 Å². The molecule has 0 aromatic heterocycles. The van der Waals surface area contributed by atoms with Crippen LogP contribution in [0.25, 0.3) is 0 Å². The number of nitrogens with one attached hydrogen (secondary N) is 1. The largest absolute Gasteiger partial charge is 0.316 e. The molecule has 1 N–H and O–H groups in total. The van der Waals surface area contributed by atoms with Crippen LogP contribution in [-0.2, 0) is 6.42 Å². The van der Waals surface area contributed by atoms with Crippen LogP contribution in [0, 0.1) is 12.7 Å². The van der Waals surface area contributed by atoms with Gasteiger partial charge in [-0.2, -0.15) is 0 Å². The zero-order valence-corrected chi connectivity index (χ0v) is 14.6. The number of halogens is 2. The van der Waals surface area contributed by atoms with Gasteiger partial charge in [0.2, 0.25) is 0 Å². The van der Waals surface area contributed by atoms with Crippen molar-refractivity contribution in [2.75, 3.05) is 12.8 Å². The van der Waals surface area contributed by atoms with Gasteiger partial charge in [0.1, 0.15) is 5.82 Å². The van der Waals surface area contributed by atoms with E-state index < -0.39 is 0 Å². The summed E-state index contributed by atoms with van der Waals surface area (Å²) in [4.78, 5) is 1.30. The topological polar surface area (TPSA) is 12.0 Å². The van der Waals surface area contributed by atoms with Gasteiger partial charge in [-0.15, -0.1) is 11.8 Å². The Kier molecular flexibility index (Phi) is 6.27. The van der Waals surface area contributed by atoms with Crippen molar-refractivity contribution in [2.45, 2.75) is 24.3 Å². The fraction of sp³-hybridized carbons (Fsp3) is 0.294. The molecule has 0 aliphatic heterocycles. The first kappa shape index (κ1) is 16.5. The monoisotopic (exact) mass is 367 g/mol. The van der Waals surface area contributed by atoms with Crippen molar-refractivity contribution in [1.82, 2.24) is 5.32 Å². The fourth-order valence-electron chi connectivity index (χ4n) is 2.12. The van der Waals surface area contributed by atoms with Gasteiger partial charge in [-0.1, -0.05) is 34.1 Å². The quantitative estimate of drug-likeness (QED) is 0.734. The van der Waals surface area contributed by atoms with Crippen LogP contribution in [-0.4, -0.2) is 18.8 Å². The molecule has 0 amide bonds. The Bertz CT molecular complexity index is 603. The second-order valence-corrected chi connectivity index (χ2v) is 6.92. The molecule has 0 saturated carbocycles. The van der Waals surface area contributed by atoms with Crippen molar-refractivity contribution >= 4 is 27.7 Å². The Morgan fingerprint density at radius 2 is 2.00 bits per heavy atom. The molecule has 1 unspecified atom stereocenters. The summed E-state index contributed by atoms with van der Waals surface area (Å²) in [6, 6.07) is 13.5. The lowest BCUT2D eigenvalue weighted by atomic mass is 10.1. The first-order valence-corrected chi connectivity index (χ1v) is 8.67.